The van der Waals surface area contributed by atoms with Crippen LogP contribution in [-0.2, 0) is 18.3 Å². The first-order valence-electron chi connectivity index (χ1n) is 8.43. The minimum atomic E-state index is -0.163. The topological polar surface area (TPSA) is 91.8 Å². The molecular weight excluding hydrogens is 342 g/mol. The second-order valence-corrected chi connectivity index (χ2v) is 6.82. The average molecular weight is 368 g/mol. The van der Waals surface area contributed by atoms with Crippen molar-refractivity contribution >= 4 is 29.3 Å². The summed E-state index contributed by atoms with van der Waals surface area (Å²) in [5.41, 5.74) is 2.94. The normalized spacial score (nSPS) is 20.3. The van der Waals surface area contributed by atoms with Crippen LogP contribution in [0.15, 0.2) is 4.79 Å². The van der Waals surface area contributed by atoms with E-state index in [1.165, 1.54) is 0 Å². The Labute approximate surface area is 153 Å². The van der Waals surface area contributed by atoms with Crippen molar-refractivity contribution in [3.05, 3.63) is 27.2 Å². The van der Waals surface area contributed by atoms with Gasteiger partial charge in [0.15, 0.2) is 5.65 Å². The second-order valence-electron chi connectivity index (χ2n) is 6.82. The molecule has 3 heterocycles. The number of aryl methyl sites for hydroxylation is 3. The van der Waals surface area contributed by atoms with E-state index in [2.05, 4.69) is 27.6 Å². The third kappa shape index (κ3) is 3.72. The van der Waals surface area contributed by atoms with Crippen molar-refractivity contribution < 1.29 is 4.79 Å². The molecule has 1 aliphatic rings. The van der Waals surface area contributed by atoms with E-state index in [0.29, 0.717) is 17.0 Å². The molecular formula is C17H26ClN5O2. The number of nitrogens with zero attached hydrogens (tertiary/aromatic N) is 2. The molecule has 25 heavy (non-hydrogen) atoms. The van der Waals surface area contributed by atoms with Gasteiger partial charge in [0.1, 0.15) is 0 Å². The third-order valence-electron chi connectivity index (χ3n) is 5.09. The SMILES string of the molecule is Cc1nc2c(c(C)c1CC(=O)NC1CNCCC1C)c(=O)[nH]n2C.Cl. The monoisotopic (exact) mass is 367 g/mol. The zero-order valence-electron chi connectivity index (χ0n) is 15.1. The first-order valence-corrected chi connectivity index (χ1v) is 8.43. The van der Waals surface area contributed by atoms with E-state index in [4.69, 9.17) is 0 Å². The van der Waals surface area contributed by atoms with E-state index in [1.807, 2.05) is 13.8 Å². The lowest BCUT2D eigenvalue weighted by atomic mass is 9.94. The maximum absolute atomic E-state index is 12.5. The van der Waals surface area contributed by atoms with Gasteiger partial charge in [0.25, 0.3) is 5.56 Å². The van der Waals surface area contributed by atoms with E-state index >= 15 is 0 Å². The Hall–Kier alpha value is -1.86. The summed E-state index contributed by atoms with van der Waals surface area (Å²) < 4.78 is 1.62. The maximum atomic E-state index is 12.5. The lowest BCUT2D eigenvalue weighted by molar-refractivity contribution is -0.121. The number of nitrogens with one attached hydrogen (secondary N) is 3. The van der Waals surface area contributed by atoms with Crippen molar-refractivity contribution in [3.63, 3.8) is 0 Å². The number of aromatic nitrogens is 3. The highest BCUT2D eigenvalue weighted by molar-refractivity contribution is 5.85. The fraction of sp³-hybridized carbons (Fsp3) is 0.588. The molecule has 0 spiro atoms. The van der Waals surface area contributed by atoms with Crippen LogP contribution in [0.5, 0.6) is 0 Å². The van der Waals surface area contributed by atoms with Gasteiger partial charge < -0.3 is 10.6 Å². The number of pyridine rings is 1. The molecule has 0 radical (unpaired) electrons. The van der Waals surface area contributed by atoms with Gasteiger partial charge in [0, 0.05) is 25.3 Å². The molecule has 1 saturated heterocycles. The van der Waals surface area contributed by atoms with Gasteiger partial charge in [-0.1, -0.05) is 6.92 Å². The van der Waals surface area contributed by atoms with E-state index in [-0.39, 0.29) is 36.3 Å². The molecule has 2 aromatic rings. The summed E-state index contributed by atoms with van der Waals surface area (Å²) in [6.07, 6.45) is 1.31. The van der Waals surface area contributed by atoms with Gasteiger partial charge in [-0.25, -0.2) is 4.98 Å². The number of hydrogen-bond acceptors (Lipinski definition) is 4. The fourth-order valence-electron chi connectivity index (χ4n) is 3.51. The third-order valence-corrected chi connectivity index (χ3v) is 5.09. The van der Waals surface area contributed by atoms with E-state index in [0.717, 1.165) is 36.3 Å². The zero-order chi connectivity index (χ0) is 17.4. The molecule has 0 saturated carbocycles. The van der Waals surface area contributed by atoms with E-state index in [1.54, 1.807) is 11.7 Å². The van der Waals surface area contributed by atoms with Gasteiger partial charge >= 0.3 is 0 Å². The summed E-state index contributed by atoms with van der Waals surface area (Å²) in [6, 6.07) is 0.156. The molecule has 8 heteroatoms. The molecule has 0 aliphatic carbocycles. The van der Waals surface area contributed by atoms with Crippen LogP contribution in [0.2, 0.25) is 0 Å². The van der Waals surface area contributed by atoms with Crippen molar-refractivity contribution in [2.75, 3.05) is 13.1 Å². The lowest BCUT2D eigenvalue weighted by Crippen LogP contribution is -2.50. The first kappa shape index (κ1) is 19.5. The summed E-state index contributed by atoms with van der Waals surface area (Å²) in [5, 5.41) is 9.73. The molecule has 0 bridgehead atoms. The maximum Gasteiger partial charge on any atom is 0.273 e. The van der Waals surface area contributed by atoms with Crippen LogP contribution >= 0.6 is 12.4 Å². The standard InChI is InChI=1S/C17H25N5O2.ClH/c1-9-5-6-18-8-13(9)20-14(23)7-12-10(2)15-16(19-11(12)3)22(4)21-17(15)24;/h9,13,18H,5-8H2,1-4H3,(H,20,23)(H,21,24);1H. The summed E-state index contributed by atoms with van der Waals surface area (Å²) in [5.74, 6) is 0.449. The number of carbonyl (C=O) groups is 1. The molecule has 2 atom stereocenters. The molecule has 3 rings (SSSR count). The first-order chi connectivity index (χ1) is 11.4. The molecule has 2 aromatic heterocycles. The number of aromatic amines is 1. The van der Waals surface area contributed by atoms with Gasteiger partial charge in [-0.15, -0.1) is 12.4 Å². The summed E-state index contributed by atoms with van der Waals surface area (Å²) >= 11 is 0. The Morgan fingerprint density at radius 1 is 1.40 bits per heavy atom. The molecule has 2 unspecified atom stereocenters. The fourth-order valence-corrected chi connectivity index (χ4v) is 3.51. The van der Waals surface area contributed by atoms with Crippen LogP contribution in [0.25, 0.3) is 11.0 Å². The minimum Gasteiger partial charge on any atom is -0.352 e. The number of halogens is 1. The molecule has 3 N–H and O–H groups in total. The van der Waals surface area contributed by atoms with Crippen LogP contribution < -0.4 is 16.2 Å². The van der Waals surface area contributed by atoms with Crippen molar-refractivity contribution in [2.45, 2.75) is 39.7 Å². The molecule has 138 valence electrons. The number of piperidine rings is 1. The largest absolute Gasteiger partial charge is 0.352 e. The van der Waals surface area contributed by atoms with Crippen molar-refractivity contribution in [2.24, 2.45) is 13.0 Å². The van der Waals surface area contributed by atoms with Gasteiger partial charge in [-0.05, 0) is 43.9 Å². The number of carbonyl (C=O) groups excluding carboxylic acids is 1. The predicted octanol–water partition coefficient (Wildman–Crippen LogP) is 0.957. The van der Waals surface area contributed by atoms with Crippen molar-refractivity contribution in [3.8, 4) is 0 Å². The Kier molecular flexibility index (Phi) is 5.90. The highest BCUT2D eigenvalue weighted by atomic mass is 35.5. The van der Waals surface area contributed by atoms with Crippen LogP contribution in [-0.4, -0.2) is 39.8 Å². The average Bonchev–Trinajstić information content (AvgIpc) is 2.80. The molecule has 1 aliphatic heterocycles. The number of hydrogen-bond donors (Lipinski definition) is 3. The minimum absolute atomic E-state index is 0. The van der Waals surface area contributed by atoms with Crippen molar-refractivity contribution in [1.29, 1.82) is 0 Å². The molecule has 1 fully saturated rings. The molecule has 7 nitrogen and oxygen atoms in total. The van der Waals surface area contributed by atoms with Crippen LogP contribution in [0.1, 0.15) is 30.2 Å². The van der Waals surface area contributed by atoms with Gasteiger partial charge in [0.2, 0.25) is 5.91 Å². The molecule has 0 aromatic carbocycles. The summed E-state index contributed by atoms with van der Waals surface area (Å²) in [6.45, 7) is 7.75. The Balaban J connectivity index is 0.00000225. The van der Waals surface area contributed by atoms with Gasteiger partial charge in [-0.2, -0.15) is 0 Å². The molecule has 1 amide bonds. The number of amides is 1. The van der Waals surface area contributed by atoms with Crippen LogP contribution in [0.4, 0.5) is 0 Å². The van der Waals surface area contributed by atoms with Crippen molar-refractivity contribution in [1.82, 2.24) is 25.4 Å². The Morgan fingerprint density at radius 3 is 2.80 bits per heavy atom. The smallest absolute Gasteiger partial charge is 0.273 e. The number of rotatable bonds is 3. The Morgan fingerprint density at radius 2 is 2.12 bits per heavy atom. The summed E-state index contributed by atoms with van der Waals surface area (Å²) in [4.78, 5) is 29.1. The summed E-state index contributed by atoms with van der Waals surface area (Å²) in [7, 11) is 1.76. The highest BCUT2D eigenvalue weighted by Gasteiger charge is 2.24. The Bertz CT molecular complexity index is 842. The second kappa shape index (κ2) is 7.58. The van der Waals surface area contributed by atoms with E-state index in [9.17, 15) is 9.59 Å². The lowest BCUT2D eigenvalue weighted by Gasteiger charge is -2.30. The van der Waals surface area contributed by atoms with Gasteiger partial charge in [0.05, 0.1) is 11.8 Å². The number of H-pyrrole nitrogens is 1. The van der Waals surface area contributed by atoms with E-state index < -0.39 is 0 Å². The van der Waals surface area contributed by atoms with Crippen LogP contribution in [0, 0.1) is 19.8 Å². The quantitative estimate of drug-likeness (QED) is 0.753. The predicted molar refractivity (Wildman–Crippen MR) is 100 cm³/mol. The highest BCUT2D eigenvalue weighted by Crippen LogP contribution is 2.20. The van der Waals surface area contributed by atoms with Crippen LogP contribution in [0.3, 0.4) is 0 Å². The van der Waals surface area contributed by atoms with Gasteiger partial charge in [-0.3, -0.25) is 19.4 Å². The number of fused-ring (bicyclic) bond motifs is 1. The zero-order valence-corrected chi connectivity index (χ0v) is 15.9.